The molecule has 4 rings (SSSR count). The number of halogens is 1. The number of hydrogen-bond donors (Lipinski definition) is 2. The summed E-state index contributed by atoms with van der Waals surface area (Å²) in [6.45, 7) is 0. The Morgan fingerprint density at radius 3 is 2.12 bits per heavy atom. The highest BCUT2D eigenvalue weighted by atomic mass is 35.5. The van der Waals surface area contributed by atoms with E-state index in [1.807, 2.05) is 60.7 Å². The van der Waals surface area contributed by atoms with Crippen LogP contribution in [0.5, 0.6) is 5.75 Å². The summed E-state index contributed by atoms with van der Waals surface area (Å²) < 4.78 is 5.33. The van der Waals surface area contributed by atoms with Gasteiger partial charge in [-0.15, -0.1) is 0 Å². The van der Waals surface area contributed by atoms with Crippen LogP contribution in [0.3, 0.4) is 0 Å². The molecule has 0 spiro atoms. The minimum absolute atomic E-state index is 0.00574. The molecular weight excluding hydrogens is 444 g/mol. The van der Waals surface area contributed by atoms with Crippen molar-refractivity contribution < 1.29 is 9.66 Å². The summed E-state index contributed by atoms with van der Waals surface area (Å²) >= 11 is 6.10. The third-order valence-corrected chi connectivity index (χ3v) is 4.90. The SMILES string of the molecule is COc1ccc(Cl)cc1Nc1ncnc(NN(c2ccccc2)c2ccccc2)c1[N+](=O)[O-]. The lowest BCUT2D eigenvalue weighted by Crippen LogP contribution is -2.26. The molecule has 4 aromatic rings. The zero-order valence-corrected chi connectivity index (χ0v) is 18.2. The molecular formula is C23H19ClN6O3. The van der Waals surface area contributed by atoms with Gasteiger partial charge in [-0.25, -0.2) is 9.97 Å². The smallest absolute Gasteiger partial charge is 0.355 e. The maximum absolute atomic E-state index is 12.1. The Morgan fingerprint density at radius 2 is 1.55 bits per heavy atom. The summed E-state index contributed by atoms with van der Waals surface area (Å²) in [5.74, 6) is 0.447. The molecule has 0 atom stereocenters. The number of anilines is 5. The number of para-hydroxylation sites is 2. The fourth-order valence-electron chi connectivity index (χ4n) is 3.17. The second-order valence-corrected chi connectivity index (χ2v) is 7.20. The van der Waals surface area contributed by atoms with Crippen molar-refractivity contribution >= 4 is 46.0 Å². The second-order valence-electron chi connectivity index (χ2n) is 6.76. The first kappa shape index (κ1) is 21.8. The Hall–Kier alpha value is -4.37. The lowest BCUT2D eigenvalue weighted by Gasteiger charge is -2.26. The second kappa shape index (κ2) is 9.84. The quantitative estimate of drug-likeness (QED) is 0.244. The van der Waals surface area contributed by atoms with Crippen molar-refractivity contribution in [2.45, 2.75) is 0 Å². The van der Waals surface area contributed by atoms with Crippen LogP contribution in [0.25, 0.3) is 0 Å². The predicted molar refractivity (Wildman–Crippen MR) is 129 cm³/mol. The molecule has 0 aliphatic heterocycles. The molecule has 0 fully saturated rings. The van der Waals surface area contributed by atoms with E-state index in [0.29, 0.717) is 16.5 Å². The molecule has 0 amide bonds. The summed E-state index contributed by atoms with van der Waals surface area (Å²) in [6.07, 6.45) is 1.24. The van der Waals surface area contributed by atoms with Crippen molar-refractivity contribution in [1.82, 2.24) is 9.97 Å². The topological polar surface area (TPSA) is 105 Å². The number of rotatable bonds is 8. The number of hydrogen-bond acceptors (Lipinski definition) is 8. The van der Waals surface area contributed by atoms with E-state index >= 15 is 0 Å². The molecule has 2 N–H and O–H groups in total. The number of ether oxygens (including phenoxy) is 1. The van der Waals surface area contributed by atoms with E-state index in [-0.39, 0.29) is 17.3 Å². The highest BCUT2D eigenvalue weighted by Crippen LogP contribution is 2.37. The molecule has 10 heteroatoms. The molecule has 9 nitrogen and oxygen atoms in total. The van der Waals surface area contributed by atoms with Crippen molar-refractivity contribution in [3.63, 3.8) is 0 Å². The number of benzene rings is 3. The Balaban J connectivity index is 1.76. The lowest BCUT2D eigenvalue weighted by molar-refractivity contribution is -0.383. The monoisotopic (exact) mass is 462 g/mol. The van der Waals surface area contributed by atoms with Gasteiger partial charge in [-0.2, -0.15) is 0 Å². The summed E-state index contributed by atoms with van der Waals surface area (Å²) in [4.78, 5) is 19.8. The number of nitrogens with zero attached hydrogens (tertiary/aromatic N) is 4. The van der Waals surface area contributed by atoms with Crippen molar-refractivity contribution in [3.05, 3.63) is 100 Å². The maximum Gasteiger partial charge on any atom is 0.355 e. The summed E-state index contributed by atoms with van der Waals surface area (Å²) in [5.41, 5.74) is 4.70. The van der Waals surface area contributed by atoms with Gasteiger partial charge in [0, 0.05) is 5.02 Å². The van der Waals surface area contributed by atoms with Gasteiger partial charge in [-0.1, -0.05) is 48.0 Å². The molecule has 0 radical (unpaired) electrons. The van der Waals surface area contributed by atoms with E-state index in [9.17, 15) is 10.1 Å². The van der Waals surface area contributed by atoms with Gasteiger partial charge < -0.3 is 10.1 Å². The van der Waals surface area contributed by atoms with Crippen molar-refractivity contribution in [1.29, 1.82) is 0 Å². The molecule has 1 heterocycles. The first-order valence-electron chi connectivity index (χ1n) is 9.83. The van der Waals surface area contributed by atoms with Gasteiger partial charge in [0.15, 0.2) is 0 Å². The maximum atomic E-state index is 12.1. The fraction of sp³-hybridized carbons (Fsp3) is 0.0435. The van der Waals surface area contributed by atoms with Crippen LogP contribution in [-0.4, -0.2) is 22.0 Å². The van der Waals surface area contributed by atoms with Crippen molar-refractivity contribution in [2.75, 3.05) is 22.9 Å². The molecule has 0 aliphatic rings. The first-order chi connectivity index (χ1) is 16.1. The largest absolute Gasteiger partial charge is 0.495 e. The number of methoxy groups -OCH3 is 1. The van der Waals surface area contributed by atoms with Crippen LogP contribution in [0.1, 0.15) is 0 Å². The van der Waals surface area contributed by atoms with Gasteiger partial charge in [0.25, 0.3) is 0 Å². The van der Waals surface area contributed by atoms with E-state index in [4.69, 9.17) is 16.3 Å². The van der Waals surface area contributed by atoms with E-state index in [1.54, 1.807) is 23.2 Å². The fourth-order valence-corrected chi connectivity index (χ4v) is 3.34. The molecule has 1 aromatic heterocycles. The van der Waals surface area contributed by atoms with Crippen LogP contribution >= 0.6 is 11.6 Å². The summed E-state index contributed by atoms with van der Waals surface area (Å²) in [6, 6.07) is 23.7. The molecule has 33 heavy (non-hydrogen) atoms. The third kappa shape index (κ3) is 4.94. The predicted octanol–water partition coefficient (Wildman–Crippen LogP) is 5.96. The highest BCUT2D eigenvalue weighted by molar-refractivity contribution is 6.31. The van der Waals surface area contributed by atoms with Crippen LogP contribution in [0, 0.1) is 10.1 Å². The highest BCUT2D eigenvalue weighted by Gasteiger charge is 2.26. The third-order valence-electron chi connectivity index (χ3n) is 4.67. The minimum atomic E-state index is -0.546. The molecule has 166 valence electrons. The zero-order valence-electron chi connectivity index (χ0n) is 17.5. The van der Waals surface area contributed by atoms with Gasteiger partial charge in [-0.3, -0.25) is 20.5 Å². The Morgan fingerprint density at radius 1 is 0.939 bits per heavy atom. The van der Waals surface area contributed by atoms with Gasteiger partial charge >= 0.3 is 5.69 Å². The molecule has 0 saturated carbocycles. The van der Waals surface area contributed by atoms with E-state index < -0.39 is 4.92 Å². The average molecular weight is 463 g/mol. The zero-order chi connectivity index (χ0) is 23.2. The Labute approximate surface area is 194 Å². The number of nitrogens with one attached hydrogen (secondary N) is 2. The Kier molecular flexibility index (Phi) is 6.51. The summed E-state index contributed by atoms with van der Waals surface area (Å²) in [7, 11) is 1.49. The van der Waals surface area contributed by atoms with Crippen LogP contribution in [0.4, 0.5) is 34.4 Å². The van der Waals surface area contributed by atoms with Crippen LogP contribution < -0.4 is 20.5 Å². The molecule has 3 aromatic carbocycles. The summed E-state index contributed by atoms with van der Waals surface area (Å²) in [5, 5.41) is 17.2. The standard InChI is InChI=1S/C23H19ClN6O3/c1-33-20-13-12-16(24)14-19(20)27-22-21(30(31)32)23(26-15-25-22)28-29(17-8-4-2-5-9-17)18-10-6-3-7-11-18/h2-15H,1H3,(H2,25,26,27,28). The minimum Gasteiger partial charge on any atom is -0.495 e. The van der Waals surface area contributed by atoms with Crippen LogP contribution in [0.15, 0.2) is 85.2 Å². The normalized spacial score (nSPS) is 10.4. The van der Waals surface area contributed by atoms with E-state index in [1.165, 1.54) is 13.4 Å². The molecule has 0 saturated heterocycles. The molecule has 0 unspecified atom stereocenters. The van der Waals surface area contributed by atoms with E-state index in [0.717, 1.165) is 11.4 Å². The van der Waals surface area contributed by atoms with E-state index in [2.05, 4.69) is 20.7 Å². The number of hydrazine groups is 1. The Bertz CT molecular complexity index is 1220. The van der Waals surface area contributed by atoms with Crippen molar-refractivity contribution in [2.24, 2.45) is 0 Å². The first-order valence-corrected chi connectivity index (χ1v) is 10.2. The van der Waals surface area contributed by atoms with Gasteiger partial charge in [0.05, 0.1) is 29.1 Å². The number of nitro groups is 1. The van der Waals surface area contributed by atoms with Crippen LogP contribution in [0.2, 0.25) is 5.02 Å². The number of aromatic nitrogens is 2. The molecule has 0 bridgehead atoms. The molecule has 0 aliphatic carbocycles. The van der Waals surface area contributed by atoms with Gasteiger partial charge in [-0.05, 0) is 42.5 Å². The van der Waals surface area contributed by atoms with Crippen LogP contribution in [-0.2, 0) is 0 Å². The van der Waals surface area contributed by atoms with Crippen molar-refractivity contribution in [3.8, 4) is 5.75 Å². The lowest BCUT2D eigenvalue weighted by atomic mass is 10.2. The van der Waals surface area contributed by atoms with Gasteiger partial charge in [0.1, 0.15) is 12.1 Å². The van der Waals surface area contributed by atoms with Gasteiger partial charge in [0.2, 0.25) is 11.6 Å². The average Bonchev–Trinajstić information content (AvgIpc) is 2.83.